The van der Waals surface area contributed by atoms with Crippen LogP contribution in [0.1, 0.15) is 71.3 Å². The first-order chi connectivity index (χ1) is 20.2. The number of halogens is 1. The van der Waals surface area contributed by atoms with Gasteiger partial charge in [-0.15, -0.1) is 11.3 Å². The number of carboxylic acid groups (broad SMARTS) is 1. The normalized spacial score (nSPS) is 17.8. The molecule has 1 aliphatic heterocycles. The van der Waals surface area contributed by atoms with Gasteiger partial charge in [-0.25, -0.2) is 19.7 Å². The highest BCUT2D eigenvalue weighted by molar-refractivity contribution is 7.22. The number of carbonyl (C=O) groups is 1. The standard InChI is InChI=1S/C33H42ClN5O3S/c1-10-23(12-11-21(5)34)27-26(28(31(40)41)42-33(7,8)9)20(4)17-25-29(27)43-30(36-25)24-13-14-35-32(37-24)38-15-16-39(19(2)3)22(6)18-38/h10-14,17,19,22,28H,5,15-16,18H2,1-4,6-9H3,(H,40,41). The molecule has 43 heavy (non-hydrogen) atoms. The van der Waals surface area contributed by atoms with E-state index < -0.39 is 17.7 Å². The molecule has 2 aromatic heterocycles. The van der Waals surface area contributed by atoms with Gasteiger partial charge in [0.1, 0.15) is 10.7 Å². The van der Waals surface area contributed by atoms with Gasteiger partial charge >= 0.3 is 5.97 Å². The molecule has 3 aromatic rings. The van der Waals surface area contributed by atoms with Crippen LogP contribution in [-0.2, 0) is 9.53 Å². The Hall–Kier alpha value is -3.11. The molecule has 0 spiro atoms. The molecule has 230 valence electrons. The van der Waals surface area contributed by atoms with Gasteiger partial charge in [-0.1, -0.05) is 30.3 Å². The van der Waals surface area contributed by atoms with Crippen molar-refractivity contribution in [3.63, 3.8) is 0 Å². The summed E-state index contributed by atoms with van der Waals surface area (Å²) >= 11 is 7.57. The van der Waals surface area contributed by atoms with Crippen molar-refractivity contribution in [1.29, 1.82) is 0 Å². The van der Waals surface area contributed by atoms with Crippen LogP contribution >= 0.6 is 22.9 Å². The van der Waals surface area contributed by atoms with Crippen LogP contribution in [0.2, 0.25) is 0 Å². The molecule has 0 radical (unpaired) electrons. The average Bonchev–Trinajstić information content (AvgIpc) is 3.35. The molecule has 8 nitrogen and oxygen atoms in total. The molecule has 4 rings (SSSR count). The lowest BCUT2D eigenvalue weighted by Gasteiger charge is -2.42. The first kappa shape index (κ1) is 32.8. The van der Waals surface area contributed by atoms with Crippen molar-refractivity contribution < 1.29 is 14.6 Å². The molecule has 0 bridgehead atoms. The Labute approximate surface area is 263 Å². The predicted molar refractivity (Wildman–Crippen MR) is 178 cm³/mol. The maximum absolute atomic E-state index is 12.7. The summed E-state index contributed by atoms with van der Waals surface area (Å²) in [6.45, 7) is 22.5. The van der Waals surface area contributed by atoms with Crippen molar-refractivity contribution in [1.82, 2.24) is 19.9 Å². The minimum atomic E-state index is -1.19. The molecule has 2 atom stereocenters. The van der Waals surface area contributed by atoms with Crippen molar-refractivity contribution in [2.75, 3.05) is 24.5 Å². The zero-order chi connectivity index (χ0) is 31.6. The van der Waals surface area contributed by atoms with Gasteiger partial charge in [-0.2, -0.15) is 0 Å². The number of nitrogens with zero attached hydrogens (tertiary/aromatic N) is 5. The fraction of sp³-hybridized carbons (Fsp3) is 0.455. The number of aliphatic carboxylic acids is 1. The third-order valence-electron chi connectivity index (χ3n) is 7.42. The number of piperazine rings is 1. The number of ether oxygens (including phenoxy) is 1. The molecule has 1 aliphatic rings. The molecule has 3 heterocycles. The average molecular weight is 624 g/mol. The first-order valence-electron chi connectivity index (χ1n) is 14.6. The highest BCUT2D eigenvalue weighted by Gasteiger charge is 2.33. The van der Waals surface area contributed by atoms with Crippen molar-refractivity contribution in [3.05, 3.63) is 64.9 Å². The topological polar surface area (TPSA) is 91.7 Å². The molecule has 1 fully saturated rings. The Morgan fingerprint density at radius 1 is 1.26 bits per heavy atom. The fourth-order valence-corrected chi connectivity index (χ4v) is 6.73. The van der Waals surface area contributed by atoms with Crippen LogP contribution in [0.3, 0.4) is 0 Å². The number of allylic oxidation sites excluding steroid dienone is 5. The van der Waals surface area contributed by atoms with Gasteiger partial charge in [0.15, 0.2) is 6.10 Å². The molecule has 0 aliphatic carbocycles. The van der Waals surface area contributed by atoms with Crippen LogP contribution in [0.25, 0.3) is 26.5 Å². The number of hydrogen-bond donors (Lipinski definition) is 1. The van der Waals surface area contributed by atoms with E-state index in [0.29, 0.717) is 28.6 Å². The summed E-state index contributed by atoms with van der Waals surface area (Å²) in [6, 6.07) is 4.69. The molecular weight excluding hydrogens is 582 g/mol. The summed E-state index contributed by atoms with van der Waals surface area (Å²) in [5.41, 5.74) is 3.70. The Morgan fingerprint density at radius 2 is 1.98 bits per heavy atom. The number of hydrogen-bond acceptors (Lipinski definition) is 8. The molecule has 1 aromatic carbocycles. The summed E-state index contributed by atoms with van der Waals surface area (Å²) in [5, 5.41) is 11.5. The van der Waals surface area contributed by atoms with E-state index in [1.165, 1.54) is 11.3 Å². The number of fused-ring (bicyclic) bond motifs is 1. The SMILES string of the molecule is C=C(Cl)C=CC(=CC)c1c(C(OC(C)(C)C)C(=O)O)c(C)cc2nc(-c3ccnc(N4CCN(C(C)C)C(C)C4)n3)sc12. The fourth-order valence-electron chi connectivity index (χ4n) is 5.58. The van der Waals surface area contributed by atoms with E-state index in [0.717, 1.165) is 57.3 Å². The van der Waals surface area contributed by atoms with Gasteiger partial charge in [0.2, 0.25) is 5.95 Å². The van der Waals surface area contributed by atoms with Crippen molar-refractivity contribution in [2.24, 2.45) is 0 Å². The molecular formula is C33H42ClN5O3S. The molecule has 0 saturated carbocycles. The van der Waals surface area contributed by atoms with Crippen LogP contribution in [-0.4, -0.2) is 68.2 Å². The smallest absolute Gasteiger partial charge is 0.337 e. The second-order valence-corrected chi connectivity index (χ2v) is 13.7. The maximum Gasteiger partial charge on any atom is 0.337 e. The molecule has 2 unspecified atom stereocenters. The number of carboxylic acids is 1. The number of aromatic nitrogens is 3. The van der Waals surface area contributed by atoms with Crippen molar-refractivity contribution in [2.45, 2.75) is 79.2 Å². The van der Waals surface area contributed by atoms with E-state index in [4.69, 9.17) is 26.3 Å². The summed E-state index contributed by atoms with van der Waals surface area (Å²) < 4.78 is 6.99. The van der Waals surface area contributed by atoms with Gasteiger partial charge < -0.3 is 14.7 Å². The van der Waals surface area contributed by atoms with E-state index >= 15 is 0 Å². The number of thiazole rings is 1. The number of aryl methyl sites for hydroxylation is 1. The minimum absolute atomic E-state index is 0.368. The summed E-state index contributed by atoms with van der Waals surface area (Å²) in [4.78, 5) is 31.9. The van der Waals surface area contributed by atoms with Gasteiger partial charge in [0.05, 0.1) is 15.8 Å². The predicted octanol–water partition coefficient (Wildman–Crippen LogP) is 7.63. The summed E-state index contributed by atoms with van der Waals surface area (Å²) in [7, 11) is 0. The highest BCUT2D eigenvalue weighted by Crippen LogP contribution is 2.42. The lowest BCUT2D eigenvalue weighted by molar-refractivity contribution is -0.160. The van der Waals surface area contributed by atoms with Gasteiger partial charge in [-0.05, 0) is 84.7 Å². The number of anilines is 1. The molecule has 0 amide bonds. The lowest BCUT2D eigenvalue weighted by atomic mass is 9.90. The largest absolute Gasteiger partial charge is 0.479 e. The van der Waals surface area contributed by atoms with E-state index in [1.807, 2.05) is 58.9 Å². The molecule has 1 saturated heterocycles. The zero-order valence-electron chi connectivity index (χ0n) is 26.3. The summed E-state index contributed by atoms with van der Waals surface area (Å²) in [5.74, 6) is -0.372. The summed E-state index contributed by atoms with van der Waals surface area (Å²) in [6.07, 6.45) is 6.08. The van der Waals surface area contributed by atoms with Crippen molar-refractivity contribution >= 4 is 50.6 Å². The van der Waals surface area contributed by atoms with Crippen LogP contribution in [0.5, 0.6) is 0 Å². The monoisotopic (exact) mass is 623 g/mol. The molecule has 10 heteroatoms. The third-order valence-corrected chi connectivity index (χ3v) is 8.65. The Bertz CT molecular complexity index is 1570. The van der Waals surface area contributed by atoms with E-state index in [2.05, 4.69) is 42.1 Å². The van der Waals surface area contributed by atoms with Crippen LogP contribution < -0.4 is 4.90 Å². The second-order valence-electron chi connectivity index (χ2n) is 12.2. The Kier molecular flexibility index (Phi) is 10.1. The maximum atomic E-state index is 12.7. The van der Waals surface area contributed by atoms with E-state index in [1.54, 1.807) is 12.3 Å². The van der Waals surface area contributed by atoms with Crippen LogP contribution in [0.15, 0.2) is 48.2 Å². The lowest BCUT2D eigenvalue weighted by Crippen LogP contribution is -2.54. The third kappa shape index (κ3) is 7.52. The van der Waals surface area contributed by atoms with Gasteiger partial charge in [0.25, 0.3) is 0 Å². The number of rotatable bonds is 9. The minimum Gasteiger partial charge on any atom is -0.479 e. The molecule has 1 N–H and O–H groups in total. The number of benzene rings is 1. The first-order valence-corrected chi connectivity index (χ1v) is 15.8. The Balaban J connectivity index is 1.86. The van der Waals surface area contributed by atoms with Gasteiger partial charge in [-0.3, -0.25) is 4.90 Å². The van der Waals surface area contributed by atoms with Crippen molar-refractivity contribution in [3.8, 4) is 10.7 Å². The highest BCUT2D eigenvalue weighted by atomic mass is 35.5. The van der Waals surface area contributed by atoms with E-state index in [9.17, 15) is 9.90 Å². The van der Waals surface area contributed by atoms with E-state index in [-0.39, 0.29) is 0 Å². The zero-order valence-corrected chi connectivity index (χ0v) is 27.9. The van der Waals surface area contributed by atoms with Gasteiger partial charge in [0, 0.05) is 54.1 Å². The second kappa shape index (κ2) is 13.3. The Morgan fingerprint density at radius 3 is 2.56 bits per heavy atom. The quantitative estimate of drug-likeness (QED) is 0.243. The van der Waals surface area contributed by atoms with Crippen LogP contribution in [0, 0.1) is 6.92 Å². The van der Waals surface area contributed by atoms with Crippen LogP contribution in [0.4, 0.5) is 5.95 Å².